The standard InChI is InChI=1S/C9H8F3N5O/c10-9(11,12)6-1-2-7(15-5-6)8(18)14-3-4-16-17-13/h1-2,5H,3-4H2,(H,14,18). The molecule has 0 aliphatic rings. The summed E-state index contributed by atoms with van der Waals surface area (Å²) in [5.74, 6) is -0.628. The third-order valence-electron chi connectivity index (χ3n) is 1.88. The molecule has 0 aliphatic carbocycles. The fourth-order valence-electron chi connectivity index (χ4n) is 1.05. The number of azide groups is 1. The van der Waals surface area contributed by atoms with Crippen molar-refractivity contribution in [3.05, 3.63) is 40.0 Å². The zero-order valence-corrected chi connectivity index (χ0v) is 8.98. The van der Waals surface area contributed by atoms with Gasteiger partial charge in [0.05, 0.1) is 5.56 Å². The van der Waals surface area contributed by atoms with E-state index in [1.54, 1.807) is 0 Å². The van der Waals surface area contributed by atoms with Gasteiger partial charge in [-0.3, -0.25) is 9.78 Å². The molecular formula is C9H8F3N5O. The Labute approximate surface area is 99.5 Å². The first-order valence-corrected chi connectivity index (χ1v) is 4.77. The maximum atomic E-state index is 12.2. The molecule has 1 N–H and O–H groups in total. The number of amides is 1. The van der Waals surface area contributed by atoms with Gasteiger partial charge < -0.3 is 5.32 Å². The maximum Gasteiger partial charge on any atom is 0.417 e. The minimum atomic E-state index is -4.48. The summed E-state index contributed by atoms with van der Waals surface area (Å²) in [6.45, 7) is 0.147. The van der Waals surface area contributed by atoms with Crippen LogP contribution in [0.2, 0.25) is 0 Å². The predicted molar refractivity (Wildman–Crippen MR) is 55.6 cm³/mol. The molecule has 0 aromatic carbocycles. The normalized spacial score (nSPS) is 10.6. The van der Waals surface area contributed by atoms with Gasteiger partial charge in [-0.1, -0.05) is 5.11 Å². The number of pyridine rings is 1. The van der Waals surface area contributed by atoms with Gasteiger partial charge in [-0.25, -0.2) is 0 Å². The fourth-order valence-corrected chi connectivity index (χ4v) is 1.05. The van der Waals surface area contributed by atoms with Gasteiger partial charge in [0.15, 0.2) is 0 Å². The van der Waals surface area contributed by atoms with Gasteiger partial charge >= 0.3 is 6.18 Å². The van der Waals surface area contributed by atoms with Crippen molar-refractivity contribution in [2.24, 2.45) is 5.11 Å². The van der Waals surface area contributed by atoms with Crippen molar-refractivity contribution in [3.8, 4) is 0 Å². The summed E-state index contributed by atoms with van der Waals surface area (Å²) in [4.78, 5) is 17.3. The summed E-state index contributed by atoms with van der Waals surface area (Å²) in [6, 6.07) is 1.75. The first kappa shape index (κ1) is 13.8. The number of hydrogen-bond acceptors (Lipinski definition) is 3. The van der Waals surface area contributed by atoms with Crippen molar-refractivity contribution in [1.29, 1.82) is 0 Å². The lowest BCUT2D eigenvalue weighted by molar-refractivity contribution is -0.137. The smallest absolute Gasteiger partial charge is 0.351 e. The zero-order chi connectivity index (χ0) is 13.6. The van der Waals surface area contributed by atoms with E-state index in [0.29, 0.717) is 6.20 Å². The third-order valence-corrected chi connectivity index (χ3v) is 1.88. The average molecular weight is 259 g/mol. The van der Waals surface area contributed by atoms with Crippen LogP contribution in [-0.4, -0.2) is 24.0 Å². The molecule has 9 heteroatoms. The van der Waals surface area contributed by atoms with Crippen LogP contribution in [0.15, 0.2) is 23.4 Å². The molecule has 6 nitrogen and oxygen atoms in total. The lowest BCUT2D eigenvalue weighted by Crippen LogP contribution is -2.26. The van der Waals surface area contributed by atoms with Gasteiger partial charge in [-0.2, -0.15) is 13.2 Å². The van der Waals surface area contributed by atoms with Crippen LogP contribution in [0, 0.1) is 0 Å². The van der Waals surface area contributed by atoms with Gasteiger partial charge in [-0.15, -0.1) is 0 Å². The monoisotopic (exact) mass is 259 g/mol. The van der Waals surface area contributed by atoms with Gasteiger partial charge in [0.25, 0.3) is 5.91 Å². The SMILES string of the molecule is [N-]=[N+]=NCCNC(=O)c1ccc(C(F)(F)F)cn1. The Morgan fingerprint density at radius 3 is 2.72 bits per heavy atom. The molecule has 1 aromatic heterocycles. The lowest BCUT2D eigenvalue weighted by Gasteiger charge is -2.06. The third kappa shape index (κ3) is 3.95. The second-order valence-corrected chi connectivity index (χ2v) is 3.14. The largest absolute Gasteiger partial charge is 0.417 e. The molecule has 1 aromatic rings. The molecule has 1 amide bonds. The highest BCUT2D eigenvalue weighted by Gasteiger charge is 2.30. The van der Waals surface area contributed by atoms with Crippen LogP contribution in [0.5, 0.6) is 0 Å². The van der Waals surface area contributed by atoms with Crippen molar-refractivity contribution in [1.82, 2.24) is 10.3 Å². The number of aromatic nitrogens is 1. The van der Waals surface area contributed by atoms with Crippen LogP contribution in [0.4, 0.5) is 13.2 Å². The summed E-state index contributed by atoms with van der Waals surface area (Å²) in [5, 5.41) is 5.52. The summed E-state index contributed by atoms with van der Waals surface area (Å²) in [7, 11) is 0. The van der Waals surface area contributed by atoms with E-state index in [0.717, 1.165) is 12.1 Å². The molecule has 1 heterocycles. The van der Waals surface area contributed by atoms with Gasteiger partial charge in [0, 0.05) is 24.2 Å². The van der Waals surface area contributed by atoms with Gasteiger partial charge in [0.1, 0.15) is 5.69 Å². The van der Waals surface area contributed by atoms with Crippen molar-refractivity contribution in [2.75, 3.05) is 13.1 Å². The van der Waals surface area contributed by atoms with Crippen molar-refractivity contribution < 1.29 is 18.0 Å². The van der Waals surface area contributed by atoms with Gasteiger partial charge in [-0.05, 0) is 17.7 Å². The first-order valence-electron chi connectivity index (χ1n) is 4.77. The number of rotatable bonds is 4. The molecule has 0 aliphatic heterocycles. The minimum Gasteiger partial charge on any atom is -0.351 e. The molecule has 1 rings (SSSR count). The quantitative estimate of drug-likeness (QED) is 0.388. The Morgan fingerprint density at radius 1 is 1.50 bits per heavy atom. The number of nitrogens with one attached hydrogen (secondary N) is 1. The molecular weight excluding hydrogens is 251 g/mol. The van der Waals surface area contributed by atoms with Crippen molar-refractivity contribution >= 4 is 5.91 Å². The molecule has 0 radical (unpaired) electrons. The molecule has 0 unspecified atom stereocenters. The maximum absolute atomic E-state index is 12.2. The van der Waals surface area contributed by atoms with E-state index in [9.17, 15) is 18.0 Å². The summed E-state index contributed by atoms with van der Waals surface area (Å²) >= 11 is 0. The van der Waals surface area contributed by atoms with E-state index < -0.39 is 17.6 Å². The summed E-state index contributed by atoms with van der Waals surface area (Å²) in [6.07, 6.45) is -3.90. The van der Waals surface area contributed by atoms with Crippen molar-refractivity contribution in [3.63, 3.8) is 0 Å². The van der Waals surface area contributed by atoms with E-state index in [-0.39, 0.29) is 18.8 Å². The molecule has 0 atom stereocenters. The number of carbonyl (C=O) groups excluding carboxylic acids is 1. The highest BCUT2D eigenvalue weighted by Crippen LogP contribution is 2.28. The van der Waals surface area contributed by atoms with Crippen LogP contribution in [-0.2, 0) is 6.18 Å². The second-order valence-electron chi connectivity index (χ2n) is 3.14. The Bertz CT molecular complexity index is 464. The fraction of sp³-hybridized carbons (Fsp3) is 0.333. The van der Waals surface area contributed by atoms with Crippen LogP contribution in [0.3, 0.4) is 0 Å². The van der Waals surface area contributed by atoms with Crippen LogP contribution in [0.1, 0.15) is 16.1 Å². The highest BCUT2D eigenvalue weighted by molar-refractivity contribution is 5.92. The molecule has 96 valence electrons. The van der Waals surface area contributed by atoms with E-state index in [1.807, 2.05) is 0 Å². The van der Waals surface area contributed by atoms with E-state index in [4.69, 9.17) is 5.53 Å². The predicted octanol–water partition coefficient (Wildman–Crippen LogP) is 2.14. The Hall–Kier alpha value is -2.28. The Kier molecular flexibility index (Phi) is 4.50. The Balaban J connectivity index is 2.62. The van der Waals surface area contributed by atoms with Crippen molar-refractivity contribution in [2.45, 2.75) is 6.18 Å². The zero-order valence-electron chi connectivity index (χ0n) is 8.98. The van der Waals surface area contributed by atoms with E-state index in [1.165, 1.54) is 0 Å². The number of hydrogen-bond donors (Lipinski definition) is 1. The molecule has 0 bridgehead atoms. The molecule has 0 saturated heterocycles. The summed E-state index contributed by atoms with van der Waals surface area (Å²) in [5.41, 5.74) is 6.92. The topological polar surface area (TPSA) is 90.8 Å². The lowest BCUT2D eigenvalue weighted by atomic mass is 10.2. The van der Waals surface area contributed by atoms with Crippen LogP contribution >= 0.6 is 0 Å². The number of halogens is 3. The number of carbonyl (C=O) groups is 1. The molecule has 0 spiro atoms. The van der Waals surface area contributed by atoms with E-state index >= 15 is 0 Å². The first-order chi connectivity index (χ1) is 8.45. The highest BCUT2D eigenvalue weighted by atomic mass is 19.4. The van der Waals surface area contributed by atoms with Gasteiger partial charge in [0.2, 0.25) is 0 Å². The second kappa shape index (κ2) is 5.87. The molecule has 0 fully saturated rings. The van der Waals surface area contributed by atoms with Crippen LogP contribution < -0.4 is 5.32 Å². The van der Waals surface area contributed by atoms with E-state index in [2.05, 4.69) is 20.3 Å². The number of alkyl halides is 3. The molecule has 0 saturated carbocycles. The average Bonchev–Trinajstić information content (AvgIpc) is 2.33. The molecule has 18 heavy (non-hydrogen) atoms. The minimum absolute atomic E-state index is 0.0584. The Morgan fingerprint density at radius 2 is 2.22 bits per heavy atom. The summed E-state index contributed by atoms with van der Waals surface area (Å²) < 4.78 is 36.7. The number of nitrogens with zero attached hydrogens (tertiary/aromatic N) is 4. The van der Waals surface area contributed by atoms with Crippen LogP contribution in [0.25, 0.3) is 10.4 Å².